The number of phenolic OH excluding ortho intramolecular Hbond substituents is 1. The summed E-state index contributed by atoms with van der Waals surface area (Å²) in [6.07, 6.45) is 1.00. The number of fused-ring (bicyclic) bond motifs is 1. The number of hydrogen-bond donors (Lipinski definition) is 3. The van der Waals surface area contributed by atoms with Gasteiger partial charge in [0.1, 0.15) is 5.75 Å². The van der Waals surface area contributed by atoms with Crippen molar-refractivity contribution in [1.82, 2.24) is 4.90 Å². The van der Waals surface area contributed by atoms with Crippen LogP contribution in [0.5, 0.6) is 5.75 Å². The van der Waals surface area contributed by atoms with Crippen LogP contribution in [-0.2, 0) is 5.60 Å². The summed E-state index contributed by atoms with van der Waals surface area (Å²) in [6.45, 7) is 3.88. The largest absolute Gasteiger partial charge is 0.508 e. The lowest BCUT2D eigenvalue weighted by Crippen LogP contribution is -2.37. The maximum atomic E-state index is 11.1. The molecule has 138 valence electrons. The van der Waals surface area contributed by atoms with Gasteiger partial charge in [-0.05, 0) is 54.9 Å². The standard InChI is InChI=1S/C22H27NO3/c1-15(21(25)16-7-9-20(24)10-8-16)23-13-17-11-22(26,12-18(17)14-23)19-5-3-2-4-6-19/h2-10,15,17-18,21,24-26H,11-14H2,1H3. The molecular weight excluding hydrogens is 326 g/mol. The van der Waals surface area contributed by atoms with Crippen molar-refractivity contribution < 1.29 is 15.3 Å². The van der Waals surface area contributed by atoms with Crippen LogP contribution < -0.4 is 0 Å². The quantitative estimate of drug-likeness (QED) is 0.791. The topological polar surface area (TPSA) is 63.9 Å². The Kier molecular flexibility index (Phi) is 4.51. The molecular formula is C22H27NO3. The molecule has 4 nitrogen and oxygen atoms in total. The minimum absolute atomic E-state index is 0.00922. The molecule has 0 radical (unpaired) electrons. The average Bonchev–Trinajstić information content (AvgIpc) is 3.18. The number of likely N-dealkylation sites (tertiary alicyclic amines) is 1. The number of benzene rings is 2. The fourth-order valence-corrected chi connectivity index (χ4v) is 4.85. The second-order valence-electron chi connectivity index (χ2n) is 8.06. The average molecular weight is 353 g/mol. The van der Waals surface area contributed by atoms with Crippen LogP contribution in [0, 0.1) is 11.8 Å². The van der Waals surface area contributed by atoms with Crippen molar-refractivity contribution >= 4 is 0 Å². The van der Waals surface area contributed by atoms with Crippen molar-refractivity contribution in [2.24, 2.45) is 11.8 Å². The second-order valence-corrected chi connectivity index (χ2v) is 8.06. The second kappa shape index (κ2) is 6.69. The molecule has 0 aromatic heterocycles. The maximum absolute atomic E-state index is 11.1. The van der Waals surface area contributed by atoms with E-state index in [1.807, 2.05) is 30.3 Å². The van der Waals surface area contributed by atoms with Crippen LogP contribution in [0.2, 0.25) is 0 Å². The van der Waals surface area contributed by atoms with Crippen molar-refractivity contribution in [2.75, 3.05) is 13.1 Å². The van der Waals surface area contributed by atoms with Gasteiger partial charge in [-0.2, -0.15) is 0 Å². The summed E-state index contributed by atoms with van der Waals surface area (Å²) in [5.74, 6) is 1.15. The van der Waals surface area contributed by atoms with Gasteiger partial charge < -0.3 is 15.3 Å². The Morgan fingerprint density at radius 3 is 2.12 bits per heavy atom. The monoisotopic (exact) mass is 353 g/mol. The Hall–Kier alpha value is -1.88. The van der Waals surface area contributed by atoms with E-state index in [-0.39, 0.29) is 11.8 Å². The van der Waals surface area contributed by atoms with E-state index in [9.17, 15) is 15.3 Å². The molecule has 2 fully saturated rings. The fourth-order valence-electron chi connectivity index (χ4n) is 4.85. The maximum Gasteiger partial charge on any atom is 0.115 e. The summed E-state index contributed by atoms with van der Waals surface area (Å²) in [7, 11) is 0. The molecule has 4 atom stereocenters. The lowest BCUT2D eigenvalue weighted by atomic mass is 9.90. The number of hydrogen-bond acceptors (Lipinski definition) is 4. The number of nitrogens with zero attached hydrogens (tertiary/aromatic N) is 1. The molecule has 2 aromatic rings. The number of aliphatic hydroxyl groups is 2. The first kappa shape index (κ1) is 17.5. The van der Waals surface area contributed by atoms with Gasteiger partial charge in [0, 0.05) is 19.1 Å². The molecule has 0 spiro atoms. The Morgan fingerprint density at radius 1 is 0.962 bits per heavy atom. The Bertz CT molecular complexity index is 732. The van der Waals surface area contributed by atoms with Gasteiger partial charge in [0.15, 0.2) is 0 Å². The number of rotatable bonds is 4. The predicted molar refractivity (Wildman–Crippen MR) is 101 cm³/mol. The summed E-state index contributed by atoms with van der Waals surface area (Å²) in [5.41, 5.74) is 1.15. The van der Waals surface area contributed by atoms with E-state index in [0.29, 0.717) is 11.8 Å². The first-order valence-electron chi connectivity index (χ1n) is 9.45. The van der Waals surface area contributed by atoms with E-state index in [2.05, 4.69) is 11.8 Å². The molecule has 4 unspecified atom stereocenters. The van der Waals surface area contributed by atoms with E-state index >= 15 is 0 Å². The van der Waals surface area contributed by atoms with Gasteiger partial charge in [0.05, 0.1) is 11.7 Å². The van der Waals surface area contributed by atoms with Gasteiger partial charge in [-0.25, -0.2) is 0 Å². The Balaban J connectivity index is 1.42. The lowest BCUT2D eigenvalue weighted by Gasteiger charge is -2.31. The van der Waals surface area contributed by atoms with E-state index in [1.165, 1.54) is 0 Å². The van der Waals surface area contributed by atoms with Crippen LogP contribution in [0.15, 0.2) is 54.6 Å². The van der Waals surface area contributed by atoms with Crippen molar-refractivity contribution in [3.63, 3.8) is 0 Å². The molecule has 2 aliphatic rings. The molecule has 1 aliphatic carbocycles. The molecule has 26 heavy (non-hydrogen) atoms. The first-order valence-corrected chi connectivity index (χ1v) is 9.45. The van der Waals surface area contributed by atoms with Crippen LogP contribution >= 0.6 is 0 Å². The summed E-state index contributed by atoms with van der Waals surface area (Å²) in [4.78, 5) is 2.34. The Labute approximate surface area is 154 Å². The van der Waals surface area contributed by atoms with Gasteiger partial charge in [0.25, 0.3) is 0 Å². The third-order valence-electron chi connectivity index (χ3n) is 6.38. The molecule has 0 amide bonds. The molecule has 0 bridgehead atoms. The highest BCUT2D eigenvalue weighted by atomic mass is 16.3. The van der Waals surface area contributed by atoms with Crippen molar-refractivity contribution in [2.45, 2.75) is 37.5 Å². The van der Waals surface area contributed by atoms with E-state index in [4.69, 9.17) is 0 Å². The third-order valence-corrected chi connectivity index (χ3v) is 6.38. The summed E-state index contributed by atoms with van der Waals surface area (Å²) >= 11 is 0. The van der Waals surface area contributed by atoms with Crippen LogP contribution in [-0.4, -0.2) is 39.4 Å². The predicted octanol–water partition coefficient (Wildman–Crippen LogP) is 3.04. The molecule has 1 saturated heterocycles. The molecule has 1 heterocycles. The molecule has 1 aliphatic heterocycles. The summed E-state index contributed by atoms with van der Waals surface area (Å²) in [5, 5.41) is 31.3. The zero-order valence-electron chi connectivity index (χ0n) is 15.1. The van der Waals surface area contributed by atoms with Crippen LogP contribution in [0.25, 0.3) is 0 Å². The van der Waals surface area contributed by atoms with Crippen molar-refractivity contribution in [1.29, 1.82) is 0 Å². The molecule has 4 rings (SSSR count). The third kappa shape index (κ3) is 3.13. The number of aromatic hydroxyl groups is 1. The smallest absolute Gasteiger partial charge is 0.115 e. The molecule has 4 heteroatoms. The van der Waals surface area contributed by atoms with Gasteiger partial charge in [-0.1, -0.05) is 42.5 Å². The normalized spacial score (nSPS) is 30.9. The van der Waals surface area contributed by atoms with Crippen molar-refractivity contribution in [3.05, 3.63) is 65.7 Å². The fraction of sp³-hybridized carbons (Fsp3) is 0.455. The highest BCUT2D eigenvalue weighted by Crippen LogP contribution is 2.49. The van der Waals surface area contributed by atoms with E-state index in [0.717, 1.165) is 37.1 Å². The SMILES string of the molecule is CC(C(O)c1ccc(O)cc1)N1CC2CC(O)(c3ccccc3)CC2C1. The van der Waals surface area contributed by atoms with Crippen molar-refractivity contribution in [3.8, 4) is 5.75 Å². The summed E-state index contributed by atoms with van der Waals surface area (Å²) < 4.78 is 0. The molecule has 3 N–H and O–H groups in total. The molecule has 1 saturated carbocycles. The minimum Gasteiger partial charge on any atom is -0.508 e. The van der Waals surface area contributed by atoms with E-state index < -0.39 is 11.7 Å². The highest BCUT2D eigenvalue weighted by molar-refractivity contribution is 5.28. The van der Waals surface area contributed by atoms with Crippen LogP contribution in [0.3, 0.4) is 0 Å². The lowest BCUT2D eigenvalue weighted by molar-refractivity contribution is 0.0211. The zero-order chi connectivity index (χ0) is 18.3. The van der Waals surface area contributed by atoms with E-state index in [1.54, 1.807) is 24.3 Å². The van der Waals surface area contributed by atoms with Crippen LogP contribution in [0.1, 0.15) is 37.0 Å². The highest BCUT2D eigenvalue weighted by Gasteiger charge is 2.50. The first-order chi connectivity index (χ1) is 12.5. The number of phenols is 1. The number of aliphatic hydroxyl groups excluding tert-OH is 1. The van der Waals surface area contributed by atoms with Gasteiger partial charge in [-0.3, -0.25) is 4.90 Å². The van der Waals surface area contributed by atoms with Gasteiger partial charge >= 0.3 is 0 Å². The van der Waals surface area contributed by atoms with Gasteiger partial charge in [-0.15, -0.1) is 0 Å². The zero-order valence-corrected chi connectivity index (χ0v) is 15.1. The van der Waals surface area contributed by atoms with Gasteiger partial charge in [0.2, 0.25) is 0 Å². The molecule has 2 aromatic carbocycles. The summed E-state index contributed by atoms with van der Waals surface area (Å²) in [6, 6.07) is 16.8. The minimum atomic E-state index is -0.707. The Morgan fingerprint density at radius 2 is 1.54 bits per heavy atom. The van der Waals surface area contributed by atoms with Crippen LogP contribution in [0.4, 0.5) is 0 Å².